The fourth-order valence-corrected chi connectivity index (χ4v) is 4.15. The van der Waals surface area contributed by atoms with Crippen LogP contribution >= 0.6 is 11.3 Å². The summed E-state index contributed by atoms with van der Waals surface area (Å²) in [6.07, 6.45) is 0. The van der Waals surface area contributed by atoms with Crippen LogP contribution in [0.2, 0.25) is 0 Å². The molecule has 0 aliphatic heterocycles. The van der Waals surface area contributed by atoms with Gasteiger partial charge in [0.1, 0.15) is 17.1 Å². The molecule has 176 valence electrons. The van der Waals surface area contributed by atoms with Crippen molar-refractivity contribution in [3.8, 4) is 17.6 Å². The van der Waals surface area contributed by atoms with Crippen LogP contribution in [0.25, 0.3) is 10.2 Å². The van der Waals surface area contributed by atoms with E-state index in [-0.39, 0.29) is 17.2 Å². The van der Waals surface area contributed by atoms with Gasteiger partial charge < -0.3 is 20.5 Å². The van der Waals surface area contributed by atoms with E-state index in [1.54, 1.807) is 68.4 Å². The van der Waals surface area contributed by atoms with Crippen molar-refractivity contribution in [1.29, 1.82) is 5.26 Å². The number of carbonyl (C=O) groups is 2. The van der Waals surface area contributed by atoms with Gasteiger partial charge in [0, 0.05) is 23.4 Å². The number of nitrogen functional groups attached to an aromatic ring is 1. The van der Waals surface area contributed by atoms with Crippen LogP contribution in [-0.4, -0.2) is 24.0 Å². The Morgan fingerprint density at radius 2 is 1.89 bits per heavy atom. The molecule has 8 nitrogen and oxygen atoms in total. The van der Waals surface area contributed by atoms with Crippen molar-refractivity contribution in [1.82, 2.24) is 4.98 Å². The number of amides is 1. The Kier molecular flexibility index (Phi) is 6.40. The quantitative estimate of drug-likeness (QED) is 0.344. The van der Waals surface area contributed by atoms with Gasteiger partial charge in [-0.1, -0.05) is 29.5 Å². The summed E-state index contributed by atoms with van der Waals surface area (Å²) >= 11 is 1.28. The number of esters is 1. The first-order chi connectivity index (χ1) is 16.7. The van der Waals surface area contributed by atoms with E-state index in [4.69, 9.17) is 15.2 Å². The number of hydrogen-bond donors (Lipinski definition) is 2. The zero-order chi connectivity index (χ0) is 25.2. The number of rotatable bonds is 6. The van der Waals surface area contributed by atoms with Gasteiger partial charge >= 0.3 is 5.97 Å². The van der Waals surface area contributed by atoms with E-state index in [0.29, 0.717) is 27.6 Å². The van der Waals surface area contributed by atoms with Gasteiger partial charge in [0.2, 0.25) is 0 Å². The number of anilines is 2. The van der Waals surface area contributed by atoms with Gasteiger partial charge in [-0.15, -0.1) is 0 Å². The molecule has 3 aromatic carbocycles. The van der Waals surface area contributed by atoms with E-state index in [9.17, 15) is 14.9 Å². The summed E-state index contributed by atoms with van der Waals surface area (Å²) in [5.74, 6) is -0.209. The van der Waals surface area contributed by atoms with E-state index in [0.717, 1.165) is 10.3 Å². The topological polar surface area (TPSA) is 127 Å². The highest BCUT2D eigenvalue weighted by atomic mass is 32.1. The SMILES string of the molecule is COC(=O)c1cc2nc(N)sc2cc1Oc1cccc(NC(=O)c2cccc(C(C)(C)C#N)c2)c1. The Balaban J connectivity index is 1.59. The average molecular weight is 487 g/mol. The standard InChI is InChI=1S/C26H22N4O4S/c1-26(2,14-27)16-7-4-6-15(10-16)23(31)29-17-8-5-9-18(11-17)34-21-13-22-20(30-25(28)35-22)12-19(21)24(32)33-3/h4-13H,1-3H3,(H2,28,30)(H,29,31). The number of fused-ring (bicyclic) bond motifs is 1. The number of ether oxygens (including phenoxy) is 2. The molecule has 0 aliphatic rings. The number of carbonyl (C=O) groups excluding carboxylic acids is 2. The Hall–Kier alpha value is -4.42. The van der Waals surface area contributed by atoms with E-state index in [2.05, 4.69) is 16.4 Å². The lowest BCUT2D eigenvalue weighted by Crippen LogP contribution is -2.17. The van der Waals surface area contributed by atoms with Gasteiger partial charge in [0.05, 0.1) is 28.8 Å². The van der Waals surface area contributed by atoms with Crippen LogP contribution in [0.3, 0.4) is 0 Å². The van der Waals surface area contributed by atoms with Crippen molar-refractivity contribution >= 4 is 44.2 Å². The predicted molar refractivity (Wildman–Crippen MR) is 135 cm³/mol. The van der Waals surface area contributed by atoms with Crippen LogP contribution in [0.15, 0.2) is 60.7 Å². The molecule has 0 unspecified atom stereocenters. The Morgan fingerprint density at radius 3 is 2.63 bits per heavy atom. The van der Waals surface area contributed by atoms with Crippen LogP contribution < -0.4 is 15.8 Å². The minimum atomic E-state index is -0.717. The number of thiazole rings is 1. The summed E-state index contributed by atoms with van der Waals surface area (Å²) < 4.78 is 11.7. The maximum atomic E-state index is 12.9. The number of benzene rings is 3. The number of nitrogens with one attached hydrogen (secondary N) is 1. The Labute approximate surface area is 205 Å². The molecule has 0 radical (unpaired) electrons. The largest absolute Gasteiger partial charge is 0.465 e. The number of nitrogens with two attached hydrogens (primary N) is 1. The predicted octanol–water partition coefficient (Wildman–Crippen LogP) is 5.51. The molecule has 0 bridgehead atoms. The lowest BCUT2D eigenvalue weighted by molar-refractivity contribution is 0.0598. The molecule has 0 atom stereocenters. The second-order valence-electron chi connectivity index (χ2n) is 8.26. The van der Waals surface area contributed by atoms with Gasteiger partial charge in [0.15, 0.2) is 5.13 Å². The maximum absolute atomic E-state index is 12.9. The van der Waals surface area contributed by atoms with Gasteiger partial charge in [-0.05, 0) is 49.7 Å². The van der Waals surface area contributed by atoms with E-state index in [1.807, 2.05) is 6.07 Å². The molecular weight excluding hydrogens is 464 g/mol. The Morgan fingerprint density at radius 1 is 1.11 bits per heavy atom. The molecular formula is C26H22N4O4S. The summed E-state index contributed by atoms with van der Waals surface area (Å²) in [6, 6.07) is 19.3. The van der Waals surface area contributed by atoms with Gasteiger partial charge in [-0.2, -0.15) is 5.26 Å². The number of aromatic nitrogens is 1. The van der Waals surface area contributed by atoms with Gasteiger partial charge in [0.25, 0.3) is 5.91 Å². The first-order valence-electron chi connectivity index (χ1n) is 10.6. The third-order valence-corrected chi connectivity index (χ3v) is 6.20. The molecule has 4 aromatic rings. The normalized spacial score (nSPS) is 11.0. The fourth-order valence-electron chi connectivity index (χ4n) is 3.41. The van der Waals surface area contributed by atoms with Crippen molar-refractivity contribution in [3.63, 3.8) is 0 Å². The molecule has 0 fully saturated rings. The van der Waals surface area contributed by atoms with Crippen molar-refractivity contribution < 1.29 is 19.1 Å². The molecule has 35 heavy (non-hydrogen) atoms. The fraction of sp³-hybridized carbons (Fsp3) is 0.154. The van der Waals surface area contributed by atoms with Crippen LogP contribution in [0.1, 0.15) is 40.1 Å². The van der Waals surface area contributed by atoms with Crippen molar-refractivity contribution in [2.75, 3.05) is 18.2 Å². The summed E-state index contributed by atoms with van der Waals surface area (Å²) in [6.45, 7) is 3.59. The van der Waals surface area contributed by atoms with Crippen LogP contribution in [0.5, 0.6) is 11.5 Å². The molecule has 4 rings (SSSR count). The van der Waals surface area contributed by atoms with Crippen LogP contribution in [0, 0.1) is 11.3 Å². The Bertz CT molecular complexity index is 1490. The molecule has 1 amide bonds. The highest BCUT2D eigenvalue weighted by Gasteiger charge is 2.21. The zero-order valence-corrected chi connectivity index (χ0v) is 20.1. The smallest absolute Gasteiger partial charge is 0.341 e. The number of hydrogen-bond acceptors (Lipinski definition) is 8. The molecule has 1 heterocycles. The van der Waals surface area contributed by atoms with Crippen LogP contribution in [0.4, 0.5) is 10.8 Å². The van der Waals surface area contributed by atoms with Crippen LogP contribution in [-0.2, 0) is 10.2 Å². The lowest BCUT2D eigenvalue weighted by atomic mass is 9.85. The van der Waals surface area contributed by atoms with E-state index in [1.165, 1.54) is 18.4 Å². The number of methoxy groups -OCH3 is 1. The third kappa shape index (κ3) is 5.08. The van der Waals surface area contributed by atoms with Gasteiger partial charge in [-0.3, -0.25) is 4.79 Å². The van der Waals surface area contributed by atoms with E-state index < -0.39 is 11.4 Å². The summed E-state index contributed by atoms with van der Waals surface area (Å²) in [5.41, 5.74) is 7.54. The minimum absolute atomic E-state index is 0.205. The molecule has 1 aromatic heterocycles. The van der Waals surface area contributed by atoms with Crippen molar-refractivity contribution in [3.05, 3.63) is 77.4 Å². The highest BCUT2D eigenvalue weighted by molar-refractivity contribution is 7.22. The first-order valence-corrected chi connectivity index (χ1v) is 11.4. The molecule has 0 spiro atoms. The van der Waals surface area contributed by atoms with Gasteiger partial charge in [-0.25, -0.2) is 9.78 Å². The second-order valence-corrected chi connectivity index (χ2v) is 9.32. The first kappa shape index (κ1) is 23.7. The summed E-state index contributed by atoms with van der Waals surface area (Å²) in [5, 5.41) is 12.6. The summed E-state index contributed by atoms with van der Waals surface area (Å²) in [4.78, 5) is 29.4. The maximum Gasteiger partial charge on any atom is 0.341 e. The molecule has 0 saturated carbocycles. The third-order valence-electron chi connectivity index (χ3n) is 5.36. The van der Waals surface area contributed by atoms with E-state index >= 15 is 0 Å². The minimum Gasteiger partial charge on any atom is -0.465 e. The summed E-state index contributed by atoms with van der Waals surface area (Å²) in [7, 11) is 1.29. The monoisotopic (exact) mass is 486 g/mol. The van der Waals surface area contributed by atoms with Crippen molar-refractivity contribution in [2.45, 2.75) is 19.3 Å². The molecule has 0 saturated heterocycles. The van der Waals surface area contributed by atoms with Crippen molar-refractivity contribution in [2.24, 2.45) is 0 Å². The molecule has 3 N–H and O–H groups in total. The number of nitriles is 1. The zero-order valence-electron chi connectivity index (χ0n) is 19.3. The highest BCUT2D eigenvalue weighted by Crippen LogP contribution is 2.34. The number of nitrogens with zero attached hydrogens (tertiary/aromatic N) is 2. The second kappa shape index (κ2) is 9.44. The molecule has 0 aliphatic carbocycles. The average Bonchev–Trinajstić information content (AvgIpc) is 3.22. The lowest BCUT2D eigenvalue weighted by Gasteiger charge is -2.16. The molecule has 9 heteroatoms.